The molecule has 2 radical (unpaired) electrons. The van der Waals surface area contributed by atoms with Crippen LogP contribution in [0.4, 0.5) is 0 Å². The predicted molar refractivity (Wildman–Crippen MR) is 27.5 cm³/mol. The molecule has 1 rings (SSSR count). The van der Waals surface area contributed by atoms with Gasteiger partial charge in [-0.3, -0.25) is 0 Å². The molecule has 1 aliphatic heterocycles. The van der Waals surface area contributed by atoms with Gasteiger partial charge in [-0.05, 0) is 0 Å². The van der Waals surface area contributed by atoms with Crippen LogP contribution in [-0.2, 0) is 9.53 Å². The predicted octanol–water partition coefficient (Wildman–Crippen LogP) is -0.406. The first-order valence-corrected chi connectivity index (χ1v) is 2.51. The molecule has 0 bridgehead atoms. The summed E-state index contributed by atoms with van der Waals surface area (Å²) < 4.78 is 4.50. The number of hydrogen-bond acceptors (Lipinski definition) is 3. The van der Waals surface area contributed by atoms with Crippen molar-refractivity contribution in [1.29, 1.82) is 0 Å². The minimum Gasteiger partial charge on any atom is -0.453 e. The maximum atomic E-state index is 9.57. The van der Waals surface area contributed by atoms with Crippen molar-refractivity contribution in [2.24, 2.45) is 0 Å². The Balaban J connectivity index is 2.14. The molecule has 0 saturated carbocycles. The molecule has 0 spiro atoms. The van der Waals surface area contributed by atoms with Crippen molar-refractivity contribution in [2.45, 2.75) is 12.5 Å². The smallest absolute Gasteiger partial charge is 0.417 e. The van der Waals surface area contributed by atoms with Crippen LogP contribution in [0.25, 0.3) is 0 Å². The summed E-state index contributed by atoms with van der Waals surface area (Å²) >= 11 is 0. The van der Waals surface area contributed by atoms with E-state index < -0.39 is 0 Å². The zero-order valence-corrected chi connectivity index (χ0v) is 4.39. The van der Waals surface area contributed by atoms with Crippen molar-refractivity contribution >= 4 is 6.47 Å². The van der Waals surface area contributed by atoms with Crippen LogP contribution in [0.3, 0.4) is 0 Å². The van der Waals surface area contributed by atoms with Gasteiger partial charge >= 0.3 is 6.47 Å². The third-order valence-corrected chi connectivity index (χ3v) is 1.09. The molecule has 0 aliphatic carbocycles. The summed E-state index contributed by atoms with van der Waals surface area (Å²) in [5.41, 5.74) is 0. The molecule has 1 N–H and O–H groups in total. The Morgan fingerprint density at radius 1 is 1.88 bits per heavy atom. The molecule has 1 unspecified atom stereocenters. The van der Waals surface area contributed by atoms with Gasteiger partial charge in [-0.2, -0.15) is 0 Å². The van der Waals surface area contributed by atoms with Crippen LogP contribution >= 0.6 is 0 Å². The van der Waals surface area contributed by atoms with Crippen LogP contribution in [0, 0.1) is 6.54 Å². The minimum atomic E-state index is 0.0208. The third-order valence-electron chi connectivity index (χ3n) is 1.09. The molecule has 1 saturated heterocycles. The van der Waals surface area contributed by atoms with Crippen LogP contribution in [0.1, 0.15) is 6.42 Å². The molecule has 3 nitrogen and oxygen atoms in total. The van der Waals surface area contributed by atoms with E-state index in [4.69, 9.17) is 0 Å². The number of hydrogen-bond donors (Lipinski definition) is 1. The van der Waals surface area contributed by atoms with Crippen molar-refractivity contribution in [3.63, 3.8) is 0 Å². The highest BCUT2D eigenvalue weighted by atomic mass is 16.5. The van der Waals surface area contributed by atoms with E-state index in [-0.39, 0.29) is 6.10 Å². The van der Waals surface area contributed by atoms with Crippen LogP contribution in [0.2, 0.25) is 0 Å². The quantitative estimate of drug-likeness (QED) is 0.529. The maximum Gasteiger partial charge on any atom is 0.417 e. The van der Waals surface area contributed by atoms with Crippen molar-refractivity contribution in [1.82, 2.24) is 5.32 Å². The van der Waals surface area contributed by atoms with E-state index in [0.29, 0.717) is 0 Å². The molecule has 1 heterocycles. The van der Waals surface area contributed by atoms with Gasteiger partial charge < -0.3 is 10.1 Å². The van der Waals surface area contributed by atoms with E-state index in [2.05, 4.69) is 10.1 Å². The molecule has 3 heteroatoms. The highest BCUT2D eigenvalue weighted by Gasteiger charge is 2.14. The zero-order chi connectivity index (χ0) is 5.82. The van der Waals surface area contributed by atoms with Gasteiger partial charge in [0.1, 0.15) is 6.10 Å². The molecule has 1 atom stereocenters. The lowest BCUT2D eigenvalue weighted by Gasteiger charge is -2.00. The fourth-order valence-corrected chi connectivity index (χ4v) is 0.671. The fraction of sp³-hybridized carbons (Fsp3) is 0.600. The first kappa shape index (κ1) is 5.56. The minimum absolute atomic E-state index is 0.0208. The normalized spacial score (nSPS) is 27.8. The Bertz CT molecular complexity index is 78.5. The SMILES string of the molecule is O=[C]OC1C[CH]NC1. The summed E-state index contributed by atoms with van der Waals surface area (Å²) in [6.07, 6.45) is 0.822. The molecule has 0 amide bonds. The van der Waals surface area contributed by atoms with E-state index in [9.17, 15) is 4.79 Å². The van der Waals surface area contributed by atoms with Crippen LogP contribution < -0.4 is 5.32 Å². The van der Waals surface area contributed by atoms with E-state index >= 15 is 0 Å². The summed E-state index contributed by atoms with van der Waals surface area (Å²) in [4.78, 5) is 9.57. The van der Waals surface area contributed by atoms with Gasteiger partial charge in [0.05, 0.1) is 0 Å². The second kappa shape index (κ2) is 2.67. The number of carbonyl (C=O) groups excluding carboxylic acids is 1. The Morgan fingerprint density at radius 2 is 2.75 bits per heavy atom. The summed E-state index contributed by atoms with van der Waals surface area (Å²) in [6.45, 7) is 4.01. The van der Waals surface area contributed by atoms with Gasteiger partial charge in [0.15, 0.2) is 0 Å². The van der Waals surface area contributed by atoms with Crippen molar-refractivity contribution in [2.75, 3.05) is 6.54 Å². The van der Waals surface area contributed by atoms with E-state index in [0.717, 1.165) is 13.0 Å². The standard InChI is InChI=1S/C5H7NO2/c7-4-8-5-1-2-6-3-5/h2,5-6H,1,3H2. The largest absolute Gasteiger partial charge is 0.453 e. The number of ether oxygens (including phenoxy) is 1. The number of rotatable bonds is 2. The van der Waals surface area contributed by atoms with Crippen molar-refractivity contribution in [3.8, 4) is 0 Å². The molecule has 44 valence electrons. The first-order valence-electron chi connectivity index (χ1n) is 2.51. The Morgan fingerprint density at radius 3 is 3.25 bits per heavy atom. The average molecular weight is 113 g/mol. The van der Waals surface area contributed by atoms with Crippen molar-refractivity contribution < 1.29 is 9.53 Å². The Labute approximate surface area is 48.0 Å². The first-order chi connectivity index (χ1) is 3.93. The lowest BCUT2D eigenvalue weighted by atomic mass is 10.3. The van der Waals surface area contributed by atoms with Gasteiger partial charge in [-0.25, -0.2) is 4.79 Å². The lowest BCUT2D eigenvalue weighted by molar-refractivity contribution is 0.196. The molecule has 8 heavy (non-hydrogen) atoms. The monoisotopic (exact) mass is 113 g/mol. The maximum absolute atomic E-state index is 9.57. The molecule has 1 aliphatic rings. The van der Waals surface area contributed by atoms with Gasteiger partial charge in [0.25, 0.3) is 0 Å². The highest BCUT2D eigenvalue weighted by Crippen LogP contribution is 2.03. The molecular weight excluding hydrogens is 106 g/mol. The highest BCUT2D eigenvalue weighted by molar-refractivity contribution is 5.38. The Kier molecular flexibility index (Phi) is 1.86. The van der Waals surface area contributed by atoms with Crippen LogP contribution in [0.15, 0.2) is 0 Å². The van der Waals surface area contributed by atoms with Gasteiger partial charge in [-0.1, -0.05) is 0 Å². The van der Waals surface area contributed by atoms with E-state index in [1.807, 2.05) is 6.54 Å². The van der Waals surface area contributed by atoms with E-state index in [1.54, 1.807) is 0 Å². The topological polar surface area (TPSA) is 38.3 Å². The summed E-state index contributed by atoms with van der Waals surface area (Å²) in [5.74, 6) is 0. The summed E-state index contributed by atoms with van der Waals surface area (Å²) in [6, 6.07) is 0. The van der Waals surface area contributed by atoms with Gasteiger partial charge in [-0.15, -0.1) is 0 Å². The summed E-state index contributed by atoms with van der Waals surface area (Å²) in [7, 11) is 0. The van der Waals surface area contributed by atoms with Gasteiger partial charge in [0.2, 0.25) is 0 Å². The van der Waals surface area contributed by atoms with Crippen molar-refractivity contribution in [3.05, 3.63) is 6.54 Å². The molecule has 1 fully saturated rings. The third kappa shape index (κ3) is 1.20. The van der Waals surface area contributed by atoms with Gasteiger partial charge in [0, 0.05) is 19.5 Å². The second-order valence-electron chi connectivity index (χ2n) is 1.67. The second-order valence-corrected chi connectivity index (χ2v) is 1.67. The fourth-order valence-electron chi connectivity index (χ4n) is 0.671. The van der Waals surface area contributed by atoms with Crippen LogP contribution in [0.5, 0.6) is 0 Å². The Hall–Kier alpha value is -0.570. The molecule has 0 aromatic heterocycles. The molecule has 0 aromatic carbocycles. The molecular formula is C5H7NO2. The zero-order valence-electron chi connectivity index (χ0n) is 4.39. The average Bonchev–Trinajstić information content (AvgIpc) is 2.19. The summed E-state index contributed by atoms with van der Waals surface area (Å²) in [5, 5.41) is 2.93. The van der Waals surface area contributed by atoms with E-state index in [1.165, 1.54) is 6.47 Å². The van der Waals surface area contributed by atoms with Crippen LogP contribution in [-0.4, -0.2) is 19.1 Å². The lowest BCUT2D eigenvalue weighted by Crippen LogP contribution is -2.15. The molecule has 0 aromatic rings. The number of nitrogens with one attached hydrogen (secondary N) is 1.